The summed E-state index contributed by atoms with van der Waals surface area (Å²) in [7, 11) is -10.4. The van der Waals surface area contributed by atoms with Crippen LogP contribution in [0.15, 0.2) is 0 Å². The van der Waals surface area contributed by atoms with E-state index in [1.54, 1.807) is 0 Å². The SMILES string of the molecule is O=C(O)C[C@@H](NCC(P(=O)(O)O)P(=O)(O)O)C(=O)O. The Labute approximate surface area is 106 Å². The quantitative estimate of drug-likeness (QED) is 0.248. The predicted molar refractivity (Wildman–Crippen MR) is 59.6 cm³/mol. The monoisotopic (exact) mass is 321 g/mol. The van der Waals surface area contributed by atoms with E-state index in [-0.39, 0.29) is 0 Å². The molecule has 0 aliphatic heterocycles. The summed E-state index contributed by atoms with van der Waals surface area (Å²) >= 11 is 0. The van der Waals surface area contributed by atoms with Gasteiger partial charge in [-0.1, -0.05) is 0 Å². The number of aliphatic carboxylic acids is 2. The topological polar surface area (TPSA) is 202 Å². The molecule has 1 atom stereocenters. The Morgan fingerprint density at radius 3 is 1.68 bits per heavy atom. The van der Waals surface area contributed by atoms with Crippen molar-refractivity contribution in [2.75, 3.05) is 6.54 Å². The Balaban J connectivity index is 4.89. The van der Waals surface area contributed by atoms with Crippen LogP contribution in [-0.4, -0.2) is 59.7 Å². The molecular formula is C6H13NO10P2. The molecule has 0 amide bonds. The molecule has 19 heavy (non-hydrogen) atoms. The van der Waals surface area contributed by atoms with Crippen LogP contribution in [0, 0.1) is 0 Å². The maximum atomic E-state index is 10.9. The third-order valence-corrected chi connectivity index (χ3v) is 5.72. The fourth-order valence-electron chi connectivity index (χ4n) is 1.10. The summed E-state index contributed by atoms with van der Waals surface area (Å²) in [6.07, 6.45) is -0.912. The molecule has 0 aliphatic rings. The average Bonchev–Trinajstić information content (AvgIpc) is 2.10. The Morgan fingerprint density at radius 2 is 1.42 bits per heavy atom. The first-order valence-electron chi connectivity index (χ1n) is 4.64. The first kappa shape index (κ1) is 18.2. The van der Waals surface area contributed by atoms with Crippen LogP contribution < -0.4 is 5.32 Å². The highest BCUT2D eigenvalue weighted by atomic mass is 31.2. The second-order valence-electron chi connectivity index (χ2n) is 3.56. The van der Waals surface area contributed by atoms with Gasteiger partial charge in [-0.3, -0.25) is 18.7 Å². The first-order valence-corrected chi connectivity index (χ1v) is 8.00. The van der Waals surface area contributed by atoms with Gasteiger partial charge in [0.2, 0.25) is 0 Å². The summed E-state index contributed by atoms with van der Waals surface area (Å²) in [6, 6.07) is -1.72. The van der Waals surface area contributed by atoms with Crippen molar-refractivity contribution in [2.45, 2.75) is 17.9 Å². The normalized spacial score (nSPS) is 14.4. The number of rotatable bonds is 8. The molecule has 7 N–H and O–H groups in total. The zero-order chi connectivity index (χ0) is 15.4. The van der Waals surface area contributed by atoms with Crippen molar-refractivity contribution in [1.29, 1.82) is 0 Å². The van der Waals surface area contributed by atoms with Crippen LogP contribution in [0.25, 0.3) is 0 Å². The molecule has 0 unspecified atom stereocenters. The van der Waals surface area contributed by atoms with Crippen LogP contribution >= 0.6 is 15.2 Å². The molecule has 0 radical (unpaired) electrons. The molecule has 13 heteroatoms. The lowest BCUT2D eigenvalue weighted by Crippen LogP contribution is -2.42. The predicted octanol–water partition coefficient (Wildman–Crippen LogP) is -1.81. The second kappa shape index (κ2) is 6.58. The molecule has 0 fully saturated rings. The van der Waals surface area contributed by atoms with E-state index in [1.165, 1.54) is 0 Å². The van der Waals surface area contributed by atoms with Crippen LogP contribution in [0.2, 0.25) is 0 Å². The van der Waals surface area contributed by atoms with E-state index in [0.29, 0.717) is 0 Å². The smallest absolute Gasteiger partial charge is 0.342 e. The van der Waals surface area contributed by atoms with E-state index >= 15 is 0 Å². The van der Waals surface area contributed by atoms with E-state index < -0.39 is 51.5 Å². The molecule has 0 saturated heterocycles. The van der Waals surface area contributed by atoms with Gasteiger partial charge < -0.3 is 35.1 Å². The van der Waals surface area contributed by atoms with Crippen molar-refractivity contribution >= 4 is 27.1 Å². The number of carbonyl (C=O) groups is 2. The minimum atomic E-state index is -5.18. The van der Waals surface area contributed by atoms with Gasteiger partial charge in [-0.05, 0) is 0 Å². The zero-order valence-electron chi connectivity index (χ0n) is 9.28. The molecule has 0 rings (SSSR count). The van der Waals surface area contributed by atoms with Crippen molar-refractivity contribution in [3.63, 3.8) is 0 Å². The molecule has 0 heterocycles. The summed E-state index contributed by atoms with van der Waals surface area (Å²) in [6.45, 7) is -1.04. The lowest BCUT2D eigenvalue weighted by atomic mass is 10.2. The molecule has 0 bridgehead atoms. The fourth-order valence-corrected chi connectivity index (χ4v) is 3.36. The Bertz CT molecular complexity index is 415. The van der Waals surface area contributed by atoms with Crippen LogP contribution in [0.5, 0.6) is 0 Å². The van der Waals surface area contributed by atoms with Crippen molar-refractivity contribution in [2.24, 2.45) is 0 Å². The van der Waals surface area contributed by atoms with Crippen LogP contribution in [0.1, 0.15) is 6.42 Å². The first-order chi connectivity index (χ1) is 8.35. The molecule has 0 aromatic heterocycles. The lowest BCUT2D eigenvalue weighted by molar-refractivity contribution is -0.145. The number of carboxylic acid groups (broad SMARTS) is 2. The third kappa shape index (κ3) is 6.79. The second-order valence-corrected chi connectivity index (χ2v) is 7.57. The average molecular weight is 321 g/mol. The van der Waals surface area contributed by atoms with Gasteiger partial charge in [-0.25, -0.2) is 0 Å². The Morgan fingerprint density at radius 1 is 1.00 bits per heavy atom. The summed E-state index contributed by atoms with van der Waals surface area (Å²) in [4.78, 5) is 56.0. The summed E-state index contributed by atoms with van der Waals surface area (Å²) in [5.41, 5.74) is 0. The molecule has 112 valence electrons. The molecule has 0 spiro atoms. The van der Waals surface area contributed by atoms with E-state index in [4.69, 9.17) is 29.8 Å². The number of nitrogens with one attached hydrogen (secondary N) is 1. The fraction of sp³-hybridized carbons (Fsp3) is 0.667. The molecule has 11 nitrogen and oxygen atoms in total. The van der Waals surface area contributed by atoms with Crippen molar-refractivity contribution in [1.82, 2.24) is 5.32 Å². The highest BCUT2D eigenvalue weighted by Gasteiger charge is 2.43. The highest BCUT2D eigenvalue weighted by molar-refractivity contribution is 7.70. The number of carboxylic acids is 2. The standard InChI is InChI=1S/C6H13NO10P2/c8-4(9)1-3(6(10)11)7-2-5(18(12,13)14)19(15,16)17/h3,5,7H,1-2H2,(H,8,9)(H,10,11)(H2,12,13,14)(H2,15,16,17)/t3-/m1/s1. The highest BCUT2D eigenvalue weighted by Crippen LogP contribution is 2.59. The summed E-state index contributed by atoms with van der Waals surface area (Å²) in [5, 5.41) is 16.5. The van der Waals surface area contributed by atoms with E-state index in [1.807, 2.05) is 5.32 Å². The number of hydrogen-bond donors (Lipinski definition) is 7. The molecule has 0 aliphatic carbocycles. The Hall–Kier alpha value is -0.800. The van der Waals surface area contributed by atoms with Gasteiger partial charge in [-0.2, -0.15) is 0 Å². The van der Waals surface area contributed by atoms with Gasteiger partial charge in [-0.15, -0.1) is 0 Å². The van der Waals surface area contributed by atoms with Crippen molar-refractivity contribution < 1.29 is 48.5 Å². The van der Waals surface area contributed by atoms with Gasteiger partial charge in [0.15, 0.2) is 5.40 Å². The Kier molecular flexibility index (Phi) is 6.30. The van der Waals surface area contributed by atoms with Gasteiger partial charge in [0.25, 0.3) is 0 Å². The van der Waals surface area contributed by atoms with E-state index in [9.17, 15) is 18.7 Å². The third-order valence-electron chi connectivity index (χ3n) is 2.00. The van der Waals surface area contributed by atoms with Crippen molar-refractivity contribution in [3.8, 4) is 0 Å². The minimum absolute atomic E-state index is 0.912. The zero-order valence-corrected chi connectivity index (χ0v) is 11.1. The molecule has 0 aromatic carbocycles. The van der Waals surface area contributed by atoms with Gasteiger partial charge in [0.1, 0.15) is 6.04 Å². The largest absolute Gasteiger partial charge is 0.481 e. The van der Waals surface area contributed by atoms with Crippen molar-refractivity contribution in [3.05, 3.63) is 0 Å². The van der Waals surface area contributed by atoms with Gasteiger partial charge in [0, 0.05) is 6.54 Å². The summed E-state index contributed by atoms with van der Waals surface area (Å²) in [5.74, 6) is -3.12. The lowest BCUT2D eigenvalue weighted by Gasteiger charge is -2.21. The van der Waals surface area contributed by atoms with Gasteiger partial charge in [0.05, 0.1) is 6.42 Å². The number of hydrogen-bond acceptors (Lipinski definition) is 5. The van der Waals surface area contributed by atoms with E-state index in [0.717, 1.165) is 0 Å². The molecule has 0 saturated carbocycles. The van der Waals surface area contributed by atoms with Crippen LogP contribution in [0.4, 0.5) is 0 Å². The maximum Gasteiger partial charge on any atom is 0.342 e. The van der Waals surface area contributed by atoms with Crippen LogP contribution in [-0.2, 0) is 18.7 Å². The summed E-state index contributed by atoms with van der Waals surface area (Å²) < 4.78 is 21.8. The van der Waals surface area contributed by atoms with Crippen LogP contribution in [0.3, 0.4) is 0 Å². The van der Waals surface area contributed by atoms with E-state index in [2.05, 4.69) is 0 Å². The maximum absolute atomic E-state index is 10.9. The molecular weight excluding hydrogens is 308 g/mol. The minimum Gasteiger partial charge on any atom is -0.481 e. The molecule has 0 aromatic rings. The van der Waals surface area contributed by atoms with Gasteiger partial charge >= 0.3 is 27.1 Å².